The van der Waals surface area contributed by atoms with E-state index < -0.39 is 6.10 Å². The predicted molar refractivity (Wildman–Crippen MR) is 288 cm³/mol. The fourth-order valence-electron chi connectivity index (χ4n) is 7.07. The summed E-state index contributed by atoms with van der Waals surface area (Å²) in [6.45, 7) is 6.47. The van der Waals surface area contributed by atoms with Crippen molar-refractivity contribution in [2.24, 2.45) is 0 Å². The van der Waals surface area contributed by atoms with Crippen LogP contribution in [-0.2, 0) is 28.6 Å². The first-order valence-electron chi connectivity index (χ1n) is 27.4. The molecule has 0 aliphatic heterocycles. The van der Waals surface area contributed by atoms with Gasteiger partial charge in [-0.1, -0.05) is 207 Å². The molecule has 67 heavy (non-hydrogen) atoms. The van der Waals surface area contributed by atoms with Crippen LogP contribution in [-0.4, -0.2) is 37.2 Å². The molecule has 0 aromatic rings. The third-order valence-electron chi connectivity index (χ3n) is 11.2. The monoisotopic (exact) mass is 929 g/mol. The highest BCUT2D eigenvalue weighted by molar-refractivity contribution is 5.71. The van der Waals surface area contributed by atoms with E-state index in [4.69, 9.17) is 14.2 Å². The topological polar surface area (TPSA) is 78.9 Å². The van der Waals surface area contributed by atoms with Gasteiger partial charge in [0.15, 0.2) is 6.10 Å². The van der Waals surface area contributed by atoms with E-state index in [0.29, 0.717) is 19.3 Å². The molecule has 0 heterocycles. The third-order valence-corrected chi connectivity index (χ3v) is 11.2. The maximum absolute atomic E-state index is 12.8. The molecule has 0 saturated heterocycles. The van der Waals surface area contributed by atoms with Crippen molar-refractivity contribution in [1.82, 2.24) is 0 Å². The molecule has 0 aliphatic carbocycles. The van der Waals surface area contributed by atoms with Gasteiger partial charge in [-0.15, -0.1) is 0 Å². The number of carbonyl (C=O) groups is 3. The molecule has 0 unspecified atom stereocenters. The number of allylic oxidation sites excluding steroid dienone is 18. The van der Waals surface area contributed by atoms with Gasteiger partial charge in [-0.05, 0) is 122 Å². The second kappa shape index (κ2) is 54.7. The summed E-state index contributed by atoms with van der Waals surface area (Å²) in [5, 5.41) is 0. The van der Waals surface area contributed by atoms with Gasteiger partial charge in [0.2, 0.25) is 0 Å². The first-order valence-corrected chi connectivity index (χ1v) is 27.4. The van der Waals surface area contributed by atoms with Crippen molar-refractivity contribution in [3.63, 3.8) is 0 Å². The summed E-state index contributed by atoms with van der Waals surface area (Å²) in [5.74, 6) is -1.05. The minimum absolute atomic E-state index is 0.128. The Morgan fingerprint density at radius 2 is 0.552 bits per heavy atom. The van der Waals surface area contributed by atoms with Crippen molar-refractivity contribution in [3.05, 3.63) is 109 Å². The maximum atomic E-state index is 12.8. The third kappa shape index (κ3) is 52.9. The van der Waals surface area contributed by atoms with Crippen LogP contribution in [0.3, 0.4) is 0 Å². The zero-order valence-corrected chi connectivity index (χ0v) is 43.4. The molecule has 6 nitrogen and oxygen atoms in total. The molecule has 0 rings (SSSR count). The molecule has 0 aromatic heterocycles. The lowest BCUT2D eigenvalue weighted by Crippen LogP contribution is -2.30. The average molecular weight is 929 g/mol. The van der Waals surface area contributed by atoms with E-state index in [2.05, 4.69) is 130 Å². The van der Waals surface area contributed by atoms with Crippen molar-refractivity contribution < 1.29 is 28.6 Å². The molecule has 0 N–H and O–H groups in total. The summed E-state index contributed by atoms with van der Waals surface area (Å²) in [4.78, 5) is 38.0. The molecule has 0 bridgehead atoms. The van der Waals surface area contributed by atoms with Gasteiger partial charge < -0.3 is 14.2 Å². The number of rotatable bonds is 48. The molecule has 0 radical (unpaired) electrons. The Balaban J connectivity index is 4.58. The number of unbranched alkanes of at least 4 members (excludes halogenated alkanes) is 19. The van der Waals surface area contributed by atoms with E-state index in [0.717, 1.165) is 83.5 Å². The summed E-state index contributed by atoms with van der Waals surface area (Å²) >= 11 is 0. The molecule has 0 aliphatic rings. The highest BCUT2D eigenvalue weighted by Gasteiger charge is 2.19. The Hall–Kier alpha value is -3.93. The molecule has 0 fully saturated rings. The highest BCUT2D eigenvalue weighted by atomic mass is 16.6. The van der Waals surface area contributed by atoms with Crippen LogP contribution >= 0.6 is 0 Å². The zero-order chi connectivity index (χ0) is 48.6. The van der Waals surface area contributed by atoms with Crippen LogP contribution < -0.4 is 0 Å². The molecule has 0 amide bonds. The molecule has 0 atom stereocenters. The Morgan fingerprint density at radius 1 is 0.299 bits per heavy atom. The van der Waals surface area contributed by atoms with Gasteiger partial charge in [-0.25, -0.2) is 0 Å². The van der Waals surface area contributed by atoms with Gasteiger partial charge in [-0.2, -0.15) is 0 Å². The SMILES string of the molecule is CCCCC/C=C/C/C=C/C/C=C/C/C=C/CCCC(=O)OCC(COC(=O)CCC/C=C/C/C=C/C/C=C/C/C=C/CCCCC)OC(=O)CCCCCCC/C=C/CCCCCCCC. The van der Waals surface area contributed by atoms with Gasteiger partial charge in [0, 0.05) is 19.3 Å². The van der Waals surface area contributed by atoms with E-state index >= 15 is 0 Å². The average Bonchev–Trinajstić information content (AvgIpc) is 3.33. The fourth-order valence-corrected chi connectivity index (χ4v) is 7.07. The number of esters is 3. The molecule has 6 heteroatoms. The molecular weight excluding hydrogens is 829 g/mol. The van der Waals surface area contributed by atoms with E-state index in [-0.39, 0.29) is 44.0 Å². The van der Waals surface area contributed by atoms with Crippen LogP contribution in [0.25, 0.3) is 0 Å². The summed E-state index contributed by atoms with van der Waals surface area (Å²) in [5.41, 5.74) is 0. The van der Waals surface area contributed by atoms with Crippen molar-refractivity contribution in [3.8, 4) is 0 Å². The number of carbonyl (C=O) groups excluding carboxylic acids is 3. The lowest BCUT2D eigenvalue weighted by atomic mass is 10.1. The van der Waals surface area contributed by atoms with Crippen molar-refractivity contribution >= 4 is 17.9 Å². The largest absolute Gasteiger partial charge is 0.462 e. The van der Waals surface area contributed by atoms with Crippen molar-refractivity contribution in [2.75, 3.05) is 13.2 Å². The predicted octanol–water partition coefficient (Wildman–Crippen LogP) is 18.3. The van der Waals surface area contributed by atoms with Crippen molar-refractivity contribution in [2.45, 2.75) is 245 Å². The van der Waals surface area contributed by atoms with Crippen LogP contribution in [0.2, 0.25) is 0 Å². The van der Waals surface area contributed by atoms with Gasteiger partial charge in [-0.3, -0.25) is 14.4 Å². The second-order valence-electron chi connectivity index (χ2n) is 17.8. The van der Waals surface area contributed by atoms with Crippen LogP contribution in [0.4, 0.5) is 0 Å². The maximum Gasteiger partial charge on any atom is 0.306 e. The molecule has 0 aromatic carbocycles. The zero-order valence-electron chi connectivity index (χ0n) is 43.4. The first kappa shape index (κ1) is 63.1. The molecule has 0 spiro atoms. The lowest BCUT2D eigenvalue weighted by Gasteiger charge is -2.18. The molecule has 380 valence electrons. The Bertz CT molecular complexity index is 1310. The quantitative estimate of drug-likeness (QED) is 0.0262. The van der Waals surface area contributed by atoms with Crippen LogP contribution in [0.5, 0.6) is 0 Å². The fraction of sp³-hybridized carbons (Fsp3) is 0.656. The second-order valence-corrected chi connectivity index (χ2v) is 17.8. The molecular formula is C61H100O6. The minimum atomic E-state index is -0.828. The number of ether oxygens (including phenoxy) is 3. The van der Waals surface area contributed by atoms with Crippen LogP contribution in [0, 0.1) is 0 Å². The van der Waals surface area contributed by atoms with Crippen LogP contribution in [0.1, 0.15) is 239 Å². The van der Waals surface area contributed by atoms with E-state index in [9.17, 15) is 14.4 Å². The van der Waals surface area contributed by atoms with E-state index in [1.807, 2.05) is 0 Å². The Kier molecular flexibility index (Phi) is 51.5. The van der Waals surface area contributed by atoms with Gasteiger partial charge in [0.1, 0.15) is 13.2 Å². The van der Waals surface area contributed by atoms with Gasteiger partial charge in [0.05, 0.1) is 0 Å². The summed E-state index contributed by atoms with van der Waals surface area (Å²) in [6.07, 6.45) is 73.7. The highest BCUT2D eigenvalue weighted by Crippen LogP contribution is 2.12. The lowest BCUT2D eigenvalue weighted by molar-refractivity contribution is -0.167. The van der Waals surface area contributed by atoms with Gasteiger partial charge in [0.25, 0.3) is 0 Å². The summed E-state index contributed by atoms with van der Waals surface area (Å²) in [7, 11) is 0. The number of hydrogen-bond donors (Lipinski definition) is 0. The van der Waals surface area contributed by atoms with Crippen molar-refractivity contribution in [1.29, 1.82) is 0 Å². The van der Waals surface area contributed by atoms with E-state index in [1.165, 1.54) is 103 Å². The Labute approximate surface area is 412 Å². The first-order chi connectivity index (χ1) is 33.0. The summed E-state index contributed by atoms with van der Waals surface area (Å²) in [6, 6.07) is 0. The normalized spacial score (nSPS) is 12.5. The number of hydrogen-bond acceptors (Lipinski definition) is 6. The van der Waals surface area contributed by atoms with Gasteiger partial charge >= 0.3 is 17.9 Å². The Morgan fingerprint density at radius 3 is 0.925 bits per heavy atom. The minimum Gasteiger partial charge on any atom is -0.462 e. The smallest absolute Gasteiger partial charge is 0.306 e. The standard InChI is InChI=1S/C61H100O6/c1-4-7-10-13-16-19-22-25-28-30-33-35-38-41-44-47-50-53-59(62)65-56-58(67-61(64)55-52-49-46-43-40-37-32-27-24-21-18-15-12-9-6-3)57-66-60(63)54-51-48-45-42-39-36-34-31-29-26-23-20-17-14-11-8-5-2/h16-17,19-20,25-29,32-36,41-42,44-45,58H,4-15,18,21-24,30-31,37-40,43,46-57H2,1-3H3/b19-16+,20-17+,28-25+,29-26+,32-27+,35-33+,36-34+,44-41+,45-42+. The molecule has 0 saturated carbocycles. The van der Waals surface area contributed by atoms with E-state index in [1.54, 1.807) is 0 Å². The van der Waals surface area contributed by atoms with Crippen LogP contribution in [0.15, 0.2) is 109 Å². The summed E-state index contributed by atoms with van der Waals surface area (Å²) < 4.78 is 16.7.